The summed E-state index contributed by atoms with van der Waals surface area (Å²) in [5, 5.41) is 3.30. The van der Waals surface area contributed by atoms with Gasteiger partial charge in [0.15, 0.2) is 0 Å². The zero-order valence-corrected chi connectivity index (χ0v) is 17.6. The largest absolute Gasteiger partial charge is 0.345 e. The van der Waals surface area contributed by atoms with Gasteiger partial charge in [-0.05, 0) is 43.9 Å². The highest BCUT2D eigenvalue weighted by Crippen LogP contribution is 2.25. The van der Waals surface area contributed by atoms with E-state index in [0.29, 0.717) is 0 Å². The van der Waals surface area contributed by atoms with E-state index in [2.05, 4.69) is 44.5 Å². The predicted molar refractivity (Wildman–Crippen MR) is 119 cm³/mol. The number of rotatable bonds is 5. The third-order valence-corrected chi connectivity index (χ3v) is 5.67. The number of hydrogen-bond acceptors (Lipinski definition) is 4. The molecule has 2 heterocycles. The number of nitrogens with zero attached hydrogens (tertiary/aromatic N) is 3. The van der Waals surface area contributed by atoms with E-state index in [1.807, 2.05) is 56.3 Å². The lowest BCUT2D eigenvalue weighted by Gasteiger charge is -2.32. The van der Waals surface area contributed by atoms with Gasteiger partial charge in [-0.15, -0.1) is 0 Å². The molecule has 154 valence electrons. The van der Waals surface area contributed by atoms with Crippen LogP contribution in [0.2, 0.25) is 0 Å². The first-order chi connectivity index (χ1) is 14.6. The Morgan fingerprint density at radius 1 is 0.900 bits per heavy atom. The minimum atomic E-state index is -0.138. The molecule has 0 aliphatic carbocycles. The fourth-order valence-electron chi connectivity index (χ4n) is 4.10. The van der Waals surface area contributed by atoms with Crippen molar-refractivity contribution in [3.05, 3.63) is 89.2 Å². The molecule has 1 aliphatic rings. The van der Waals surface area contributed by atoms with Crippen molar-refractivity contribution >= 4 is 11.9 Å². The molecule has 0 atom stereocenters. The minimum absolute atomic E-state index is 0.00193. The first-order valence-corrected chi connectivity index (χ1v) is 10.6. The van der Waals surface area contributed by atoms with Gasteiger partial charge in [-0.2, -0.15) is 0 Å². The van der Waals surface area contributed by atoms with Crippen molar-refractivity contribution in [3.8, 4) is 0 Å². The highest BCUT2D eigenvalue weighted by atomic mass is 16.1. The number of carbonyl (C=O) groups is 1. The van der Waals surface area contributed by atoms with E-state index in [9.17, 15) is 4.79 Å². The molecule has 30 heavy (non-hydrogen) atoms. The molecule has 5 heteroatoms. The molecule has 1 aliphatic heterocycles. The summed E-state index contributed by atoms with van der Waals surface area (Å²) in [7, 11) is 0. The summed E-state index contributed by atoms with van der Waals surface area (Å²) in [4.78, 5) is 24.5. The summed E-state index contributed by atoms with van der Waals surface area (Å²) >= 11 is 0. The van der Waals surface area contributed by atoms with E-state index in [4.69, 9.17) is 0 Å². The molecular weight excluding hydrogens is 372 g/mol. The second-order valence-electron chi connectivity index (χ2n) is 7.97. The maximum Gasteiger partial charge on any atom is 0.225 e. The number of aryl methyl sites for hydroxylation is 2. The van der Waals surface area contributed by atoms with Gasteiger partial charge >= 0.3 is 0 Å². The van der Waals surface area contributed by atoms with Gasteiger partial charge in [0.1, 0.15) is 0 Å². The van der Waals surface area contributed by atoms with Crippen LogP contribution in [0.25, 0.3) is 0 Å². The van der Waals surface area contributed by atoms with E-state index < -0.39 is 0 Å². The molecule has 1 amide bonds. The van der Waals surface area contributed by atoms with Crippen LogP contribution in [-0.2, 0) is 4.79 Å². The molecule has 4 rings (SSSR count). The smallest absolute Gasteiger partial charge is 0.225 e. The molecule has 1 saturated heterocycles. The monoisotopic (exact) mass is 400 g/mol. The SMILES string of the molecule is Cc1cc(C)nc(N2CCC(C(=O)NC(c3ccccc3)c3ccccc3)CC2)n1. The first kappa shape index (κ1) is 20.1. The summed E-state index contributed by atoms with van der Waals surface area (Å²) in [6.45, 7) is 5.57. The lowest BCUT2D eigenvalue weighted by molar-refractivity contribution is -0.126. The maximum absolute atomic E-state index is 13.1. The quantitative estimate of drug-likeness (QED) is 0.697. The van der Waals surface area contributed by atoms with Crippen LogP contribution in [0.3, 0.4) is 0 Å². The third-order valence-electron chi connectivity index (χ3n) is 5.67. The van der Waals surface area contributed by atoms with E-state index in [1.165, 1.54) is 0 Å². The van der Waals surface area contributed by atoms with Crippen LogP contribution < -0.4 is 10.2 Å². The van der Waals surface area contributed by atoms with Crippen LogP contribution in [0.4, 0.5) is 5.95 Å². The number of carbonyl (C=O) groups excluding carboxylic acids is 1. The first-order valence-electron chi connectivity index (χ1n) is 10.6. The Hall–Kier alpha value is -3.21. The van der Waals surface area contributed by atoms with Gasteiger partial charge in [-0.25, -0.2) is 9.97 Å². The molecule has 0 unspecified atom stereocenters. The second kappa shape index (κ2) is 9.08. The Morgan fingerprint density at radius 3 is 1.90 bits per heavy atom. The maximum atomic E-state index is 13.1. The lowest BCUT2D eigenvalue weighted by atomic mass is 9.93. The van der Waals surface area contributed by atoms with Gasteiger partial charge in [-0.3, -0.25) is 4.79 Å². The summed E-state index contributed by atoms with van der Waals surface area (Å²) in [6, 6.07) is 22.2. The Labute approximate surface area is 178 Å². The summed E-state index contributed by atoms with van der Waals surface area (Å²) in [6.07, 6.45) is 1.61. The zero-order chi connectivity index (χ0) is 20.9. The van der Waals surface area contributed by atoms with Crippen molar-refractivity contribution < 1.29 is 4.79 Å². The molecule has 1 aromatic heterocycles. The van der Waals surface area contributed by atoms with Crippen LogP contribution in [0, 0.1) is 19.8 Å². The highest BCUT2D eigenvalue weighted by molar-refractivity contribution is 5.80. The van der Waals surface area contributed by atoms with Crippen LogP contribution in [0.5, 0.6) is 0 Å². The Morgan fingerprint density at radius 2 is 1.40 bits per heavy atom. The van der Waals surface area contributed by atoms with Gasteiger partial charge in [0.25, 0.3) is 0 Å². The van der Waals surface area contributed by atoms with Crippen LogP contribution in [-0.4, -0.2) is 29.0 Å². The molecule has 2 aromatic carbocycles. The van der Waals surface area contributed by atoms with Gasteiger partial charge in [0.2, 0.25) is 11.9 Å². The van der Waals surface area contributed by atoms with E-state index in [0.717, 1.165) is 54.4 Å². The summed E-state index contributed by atoms with van der Waals surface area (Å²) in [5.41, 5.74) is 4.15. The van der Waals surface area contributed by atoms with Crippen LogP contribution in [0.15, 0.2) is 66.7 Å². The van der Waals surface area contributed by atoms with E-state index in [-0.39, 0.29) is 17.9 Å². The van der Waals surface area contributed by atoms with Crippen molar-refractivity contribution in [2.75, 3.05) is 18.0 Å². The van der Waals surface area contributed by atoms with Gasteiger partial charge < -0.3 is 10.2 Å². The number of piperidine rings is 1. The number of anilines is 1. The average Bonchev–Trinajstić information content (AvgIpc) is 2.78. The molecule has 1 fully saturated rings. The van der Waals surface area contributed by atoms with Crippen LogP contribution >= 0.6 is 0 Å². The summed E-state index contributed by atoms with van der Waals surface area (Å²) in [5.74, 6) is 0.897. The fraction of sp³-hybridized carbons (Fsp3) is 0.320. The summed E-state index contributed by atoms with van der Waals surface area (Å²) < 4.78 is 0. The van der Waals surface area contributed by atoms with Crippen LogP contribution in [0.1, 0.15) is 41.4 Å². The van der Waals surface area contributed by atoms with Gasteiger partial charge in [-0.1, -0.05) is 60.7 Å². The molecule has 0 saturated carbocycles. The number of benzene rings is 2. The van der Waals surface area contributed by atoms with Crippen molar-refractivity contribution in [3.63, 3.8) is 0 Å². The number of amides is 1. The molecule has 0 radical (unpaired) electrons. The topological polar surface area (TPSA) is 58.1 Å². The van der Waals surface area contributed by atoms with Crippen molar-refractivity contribution in [2.45, 2.75) is 32.7 Å². The predicted octanol–water partition coefficient (Wildman–Crippen LogP) is 4.22. The van der Waals surface area contributed by atoms with E-state index >= 15 is 0 Å². The van der Waals surface area contributed by atoms with Crippen molar-refractivity contribution in [1.82, 2.24) is 15.3 Å². The number of hydrogen-bond donors (Lipinski definition) is 1. The number of aromatic nitrogens is 2. The Bertz CT molecular complexity index is 923. The minimum Gasteiger partial charge on any atom is -0.345 e. The lowest BCUT2D eigenvalue weighted by Crippen LogP contribution is -2.42. The van der Waals surface area contributed by atoms with E-state index in [1.54, 1.807) is 0 Å². The van der Waals surface area contributed by atoms with Crippen molar-refractivity contribution in [1.29, 1.82) is 0 Å². The van der Waals surface area contributed by atoms with Crippen molar-refractivity contribution in [2.24, 2.45) is 5.92 Å². The molecule has 0 bridgehead atoms. The van der Waals surface area contributed by atoms with Gasteiger partial charge in [0.05, 0.1) is 6.04 Å². The molecule has 1 N–H and O–H groups in total. The highest BCUT2D eigenvalue weighted by Gasteiger charge is 2.28. The second-order valence-corrected chi connectivity index (χ2v) is 7.97. The standard InChI is InChI=1S/C25H28N4O/c1-18-17-19(2)27-25(26-18)29-15-13-22(14-16-29)24(30)28-23(20-9-5-3-6-10-20)21-11-7-4-8-12-21/h3-12,17,22-23H,13-16H2,1-2H3,(H,28,30). The zero-order valence-electron chi connectivity index (χ0n) is 17.6. The normalized spacial score (nSPS) is 14.7. The average molecular weight is 401 g/mol. The molecule has 3 aromatic rings. The molecular formula is C25H28N4O. The fourth-order valence-corrected chi connectivity index (χ4v) is 4.10. The Kier molecular flexibility index (Phi) is 6.07. The Balaban J connectivity index is 1.44. The van der Waals surface area contributed by atoms with Gasteiger partial charge in [0, 0.05) is 30.4 Å². The molecule has 5 nitrogen and oxygen atoms in total. The molecule has 0 spiro atoms. The third kappa shape index (κ3) is 4.67. The number of nitrogens with one attached hydrogen (secondary N) is 1.